The summed E-state index contributed by atoms with van der Waals surface area (Å²) < 4.78 is 6.24. The molecule has 0 bridgehead atoms. The summed E-state index contributed by atoms with van der Waals surface area (Å²) in [5.74, 6) is 0.860. The van der Waals surface area contributed by atoms with Crippen molar-refractivity contribution in [3.63, 3.8) is 0 Å². The first-order chi connectivity index (χ1) is 10.2. The summed E-state index contributed by atoms with van der Waals surface area (Å²) in [5.41, 5.74) is 9.07. The lowest BCUT2D eigenvalue weighted by Gasteiger charge is -2.01. The van der Waals surface area contributed by atoms with Crippen LogP contribution in [0, 0.1) is 0 Å². The predicted octanol–water partition coefficient (Wildman–Crippen LogP) is 3.71. The van der Waals surface area contributed by atoms with Crippen molar-refractivity contribution in [3.8, 4) is 23.0 Å². The van der Waals surface area contributed by atoms with Crippen LogP contribution in [0.1, 0.15) is 12.5 Å². The van der Waals surface area contributed by atoms with Crippen LogP contribution < -0.4 is 5.73 Å². The first-order valence-electron chi connectivity index (χ1n) is 6.52. The first-order valence-corrected chi connectivity index (χ1v) is 7.31. The van der Waals surface area contributed by atoms with Crippen molar-refractivity contribution >= 4 is 21.6 Å². The Morgan fingerprint density at radius 1 is 1.29 bits per heavy atom. The number of nitrogens with zero attached hydrogens (tertiary/aromatic N) is 3. The van der Waals surface area contributed by atoms with Gasteiger partial charge in [0.2, 0.25) is 5.82 Å². The van der Waals surface area contributed by atoms with Gasteiger partial charge in [-0.3, -0.25) is 4.98 Å². The number of hydrogen-bond acceptors (Lipinski definition) is 5. The van der Waals surface area contributed by atoms with Gasteiger partial charge in [0.25, 0.3) is 5.89 Å². The minimum atomic E-state index is 0.386. The Bertz CT molecular complexity index is 785. The molecule has 3 aromatic rings. The molecule has 2 heterocycles. The van der Waals surface area contributed by atoms with E-state index in [2.05, 4.69) is 38.0 Å². The molecule has 6 heteroatoms. The standard InChI is InChI=1S/C15H13BrN4O/c1-2-9-4-3-7-18-13(9)14-19-15(21-20-14)11-8-10(16)5-6-12(11)17/h3-8H,2,17H2,1H3. The molecule has 0 saturated heterocycles. The van der Waals surface area contributed by atoms with Gasteiger partial charge in [-0.05, 0) is 36.2 Å². The summed E-state index contributed by atoms with van der Waals surface area (Å²) in [6.45, 7) is 2.06. The van der Waals surface area contributed by atoms with E-state index in [0.717, 1.165) is 22.2 Å². The Morgan fingerprint density at radius 2 is 2.14 bits per heavy atom. The Labute approximate surface area is 130 Å². The lowest BCUT2D eigenvalue weighted by molar-refractivity contribution is 0.432. The summed E-state index contributed by atoms with van der Waals surface area (Å²) in [5, 5.41) is 4.02. The fraction of sp³-hybridized carbons (Fsp3) is 0.133. The molecule has 0 atom stereocenters. The van der Waals surface area contributed by atoms with Gasteiger partial charge in [0.05, 0.1) is 5.56 Å². The van der Waals surface area contributed by atoms with E-state index < -0.39 is 0 Å². The van der Waals surface area contributed by atoms with Gasteiger partial charge in [0.1, 0.15) is 5.69 Å². The molecule has 0 spiro atoms. The Morgan fingerprint density at radius 3 is 2.95 bits per heavy atom. The van der Waals surface area contributed by atoms with Gasteiger partial charge in [-0.2, -0.15) is 4.98 Å². The highest BCUT2D eigenvalue weighted by Gasteiger charge is 2.16. The van der Waals surface area contributed by atoms with Crippen molar-refractivity contribution in [1.29, 1.82) is 0 Å². The van der Waals surface area contributed by atoms with Crippen LogP contribution in [0.4, 0.5) is 5.69 Å². The van der Waals surface area contributed by atoms with Crippen molar-refractivity contribution in [2.75, 3.05) is 5.73 Å². The fourth-order valence-electron chi connectivity index (χ4n) is 2.07. The maximum Gasteiger partial charge on any atom is 0.260 e. The van der Waals surface area contributed by atoms with Gasteiger partial charge in [-0.15, -0.1) is 0 Å². The lowest BCUT2D eigenvalue weighted by atomic mass is 10.1. The molecule has 21 heavy (non-hydrogen) atoms. The zero-order chi connectivity index (χ0) is 14.8. The monoisotopic (exact) mass is 344 g/mol. The molecular formula is C15H13BrN4O. The van der Waals surface area contributed by atoms with Gasteiger partial charge in [0, 0.05) is 16.4 Å². The normalized spacial score (nSPS) is 10.8. The summed E-state index contributed by atoms with van der Waals surface area (Å²) in [4.78, 5) is 8.76. The summed E-state index contributed by atoms with van der Waals surface area (Å²) in [6.07, 6.45) is 2.57. The number of rotatable bonds is 3. The minimum absolute atomic E-state index is 0.386. The molecule has 1 aromatic carbocycles. The quantitative estimate of drug-likeness (QED) is 0.732. The van der Waals surface area contributed by atoms with E-state index in [0.29, 0.717) is 23.0 Å². The van der Waals surface area contributed by atoms with Gasteiger partial charge in [-0.25, -0.2) is 0 Å². The molecule has 106 valence electrons. The van der Waals surface area contributed by atoms with Crippen molar-refractivity contribution in [1.82, 2.24) is 15.1 Å². The number of aromatic nitrogens is 3. The van der Waals surface area contributed by atoms with Crippen LogP contribution in [-0.4, -0.2) is 15.1 Å². The molecule has 0 aliphatic heterocycles. The number of nitrogens with two attached hydrogens (primary N) is 1. The van der Waals surface area contributed by atoms with Gasteiger partial charge >= 0.3 is 0 Å². The number of hydrogen-bond donors (Lipinski definition) is 1. The third-order valence-electron chi connectivity index (χ3n) is 3.16. The highest BCUT2D eigenvalue weighted by atomic mass is 79.9. The van der Waals surface area contributed by atoms with Crippen LogP contribution in [0.3, 0.4) is 0 Å². The van der Waals surface area contributed by atoms with Crippen LogP contribution in [0.5, 0.6) is 0 Å². The number of pyridine rings is 1. The van der Waals surface area contributed by atoms with E-state index in [-0.39, 0.29) is 0 Å². The molecule has 3 rings (SSSR count). The molecule has 0 aliphatic carbocycles. The highest BCUT2D eigenvalue weighted by Crippen LogP contribution is 2.29. The van der Waals surface area contributed by atoms with Crippen LogP contribution in [0.2, 0.25) is 0 Å². The van der Waals surface area contributed by atoms with Crippen LogP contribution in [0.15, 0.2) is 45.5 Å². The Hall–Kier alpha value is -2.21. The maximum atomic E-state index is 5.96. The topological polar surface area (TPSA) is 77.8 Å². The zero-order valence-corrected chi connectivity index (χ0v) is 13.0. The van der Waals surface area contributed by atoms with E-state index in [1.165, 1.54) is 0 Å². The van der Waals surface area contributed by atoms with Crippen LogP contribution in [-0.2, 0) is 6.42 Å². The number of benzene rings is 1. The molecule has 2 N–H and O–H groups in total. The molecule has 5 nitrogen and oxygen atoms in total. The van der Waals surface area contributed by atoms with Crippen molar-refractivity contribution < 1.29 is 4.52 Å². The number of halogens is 1. The van der Waals surface area contributed by atoms with E-state index in [1.807, 2.05) is 24.3 Å². The second-order valence-electron chi connectivity index (χ2n) is 4.52. The highest BCUT2D eigenvalue weighted by molar-refractivity contribution is 9.10. The molecule has 0 amide bonds. The van der Waals surface area contributed by atoms with Crippen molar-refractivity contribution in [2.45, 2.75) is 13.3 Å². The van der Waals surface area contributed by atoms with Gasteiger partial charge in [-0.1, -0.05) is 34.1 Å². The zero-order valence-electron chi connectivity index (χ0n) is 11.4. The largest absolute Gasteiger partial charge is 0.398 e. The number of nitrogen functional groups attached to an aromatic ring is 1. The average Bonchev–Trinajstić information content (AvgIpc) is 2.99. The minimum Gasteiger partial charge on any atom is -0.398 e. The molecule has 0 aliphatic rings. The van der Waals surface area contributed by atoms with E-state index >= 15 is 0 Å². The van der Waals surface area contributed by atoms with Crippen molar-refractivity contribution in [3.05, 3.63) is 46.6 Å². The maximum absolute atomic E-state index is 5.96. The number of anilines is 1. The third kappa shape index (κ3) is 2.67. The first kappa shape index (κ1) is 13.8. The summed E-state index contributed by atoms with van der Waals surface area (Å²) in [7, 11) is 0. The fourth-order valence-corrected chi connectivity index (χ4v) is 2.43. The third-order valence-corrected chi connectivity index (χ3v) is 3.65. The van der Waals surface area contributed by atoms with Gasteiger partial charge < -0.3 is 10.3 Å². The van der Waals surface area contributed by atoms with Crippen molar-refractivity contribution in [2.24, 2.45) is 0 Å². The lowest BCUT2D eigenvalue weighted by Crippen LogP contribution is -1.93. The molecule has 2 aromatic heterocycles. The van der Waals surface area contributed by atoms with Crippen LogP contribution >= 0.6 is 15.9 Å². The molecule has 0 fully saturated rings. The average molecular weight is 345 g/mol. The smallest absolute Gasteiger partial charge is 0.260 e. The SMILES string of the molecule is CCc1cccnc1-c1noc(-c2cc(Br)ccc2N)n1. The Kier molecular flexibility index (Phi) is 3.70. The van der Waals surface area contributed by atoms with E-state index in [1.54, 1.807) is 12.3 Å². The summed E-state index contributed by atoms with van der Waals surface area (Å²) in [6, 6.07) is 9.42. The van der Waals surface area contributed by atoms with Gasteiger partial charge in [0.15, 0.2) is 0 Å². The predicted molar refractivity (Wildman–Crippen MR) is 84.5 cm³/mol. The second-order valence-corrected chi connectivity index (χ2v) is 5.44. The van der Waals surface area contributed by atoms with E-state index in [4.69, 9.17) is 10.3 Å². The molecule has 0 saturated carbocycles. The van der Waals surface area contributed by atoms with Crippen LogP contribution in [0.25, 0.3) is 23.0 Å². The Balaban J connectivity index is 2.06. The van der Waals surface area contributed by atoms with E-state index in [9.17, 15) is 0 Å². The number of aryl methyl sites for hydroxylation is 1. The second kappa shape index (κ2) is 5.65. The molecular weight excluding hydrogens is 332 g/mol. The summed E-state index contributed by atoms with van der Waals surface area (Å²) >= 11 is 3.41. The molecule has 0 unspecified atom stereocenters. The molecule has 0 radical (unpaired) electrons.